The van der Waals surface area contributed by atoms with Gasteiger partial charge < -0.3 is 4.84 Å². The Morgan fingerprint density at radius 1 is 1.57 bits per heavy atom. The summed E-state index contributed by atoms with van der Waals surface area (Å²) >= 11 is 1.46. The third kappa shape index (κ3) is 3.30. The second-order valence-electron chi connectivity index (χ2n) is 3.78. The van der Waals surface area contributed by atoms with Crippen LogP contribution in [-0.4, -0.2) is 17.6 Å². The summed E-state index contributed by atoms with van der Waals surface area (Å²) in [5, 5.41) is 5.71. The van der Waals surface area contributed by atoms with Crippen molar-refractivity contribution in [2.45, 2.75) is 26.4 Å². The van der Waals surface area contributed by atoms with Crippen LogP contribution in [0.15, 0.2) is 22.7 Å². The maximum absolute atomic E-state index is 10.7. The normalized spacial score (nSPS) is 12.6. The summed E-state index contributed by atoms with van der Waals surface area (Å²) in [5.41, 5.74) is -0.0270. The highest BCUT2D eigenvalue weighted by Gasteiger charge is 2.12. The van der Waals surface area contributed by atoms with Crippen molar-refractivity contribution < 1.29 is 9.63 Å². The van der Waals surface area contributed by atoms with Gasteiger partial charge >= 0.3 is 0 Å². The number of nitrogens with zero attached hydrogens (tertiary/aromatic N) is 1. The lowest BCUT2D eigenvalue weighted by Crippen LogP contribution is -2.17. The van der Waals surface area contributed by atoms with E-state index in [-0.39, 0.29) is 5.60 Å². The van der Waals surface area contributed by atoms with E-state index in [1.54, 1.807) is 0 Å². The van der Waals surface area contributed by atoms with E-state index in [0.29, 0.717) is 12.0 Å². The van der Waals surface area contributed by atoms with Crippen molar-refractivity contribution >= 4 is 23.3 Å². The van der Waals surface area contributed by atoms with Gasteiger partial charge in [-0.2, -0.15) is 0 Å². The van der Waals surface area contributed by atoms with Crippen molar-refractivity contribution in [2.24, 2.45) is 5.16 Å². The van der Waals surface area contributed by atoms with Crippen LogP contribution in [0.25, 0.3) is 0 Å². The maximum atomic E-state index is 10.7. The van der Waals surface area contributed by atoms with Gasteiger partial charge in [0, 0.05) is 0 Å². The number of oxime groups is 1. The van der Waals surface area contributed by atoms with Crippen molar-refractivity contribution in [1.82, 2.24) is 0 Å². The van der Waals surface area contributed by atoms with Gasteiger partial charge in [-0.25, -0.2) is 0 Å². The van der Waals surface area contributed by atoms with Crippen LogP contribution in [0.4, 0.5) is 0 Å². The Labute approximate surface area is 87.4 Å². The summed E-state index contributed by atoms with van der Waals surface area (Å²) < 4.78 is 0. The third-order valence-corrected chi connectivity index (χ3v) is 2.20. The molecule has 76 valence electrons. The second kappa shape index (κ2) is 4.37. The van der Waals surface area contributed by atoms with Gasteiger partial charge in [0.1, 0.15) is 5.60 Å². The summed E-state index contributed by atoms with van der Waals surface area (Å²) in [6.45, 7) is 5.65. The molecule has 14 heavy (non-hydrogen) atoms. The Kier molecular flexibility index (Phi) is 3.41. The predicted molar refractivity (Wildman–Crippen MR) is 57.8 cm³/mol. The Morgan fingerprint density at radius 2 is 2.29 bits per heavy atom. The minimum atomic E-state index is -0.370. The first kappa shape index (κ1) is 10.9. The molecule has 0 unspecified atom stereocenters. The Bertz CT molecular complexity index is 322. The van der Waals surface area contributed by atoms with Crippen molar-refractivity contribution in [1.29, 1.82) is 0 Å². The Balaban J connectivity index is 2.78. The lowest BCUT2D eigenvalue weighted by atomic mass is 10.2. The molecule has 3 nitrogen and oxygen atoms in total. The number of hydrogen-bond acceptors (Lipinski definition) is 4. The zero-order chi connectivity index (χ0) is 10.6. The standard InChI is InChI=1S/C10H13NO2S/c1-10(2,3)13-11-8(7-12)9-5-4-6-14-9/h4-7H,1-3H3/b11-8-. The zero-order valence-corrected chi connectivity index (χ0v) is 9.30. The molecule has 1 aromatic heterocycles. The molecule has 1 rings (SSSR count). The first-order valence-corrected chi connectivity index (χ1v) is 5.16. The molecule has 0 bridgehead atoms. The molecule has 4 heteroatoms. The predicted octanol–water partition coefficient (Wildman–Crippen LogP) is 2.47. The van der Waals surface area contributed by atoms with Crippen LogP contribution in [0, 0.1) is 0 Å². The molecule has 0 aliphatic rings. The molecule has 0 atom stereocenters. The molecular weight excluding hydrogens is 198 g/mol. The molecule has 0 N–H and O–H groups in total. The molecule has 1 heterocycles. The number of carbonyl (C=O) groups is 1. The number of hydrogen-bond donors (Lipinski definition) is 0. The van der Waals surface area contributed by atoms with Gasteiger partial charge in [-0.05, 0) is 32.2 Å². The average Bonchev–Trinajstić information content (AvgIpc) is 2.56. The molecule has 0 spiro atoms. The first-order valence-electron chi connectivity index (χ1n) is 4.28. The molecular formula is C10H13NO2S. The molecule has 0 saturated carbocycles. The van der Waals surface area contributed by atoms with E-state index in [4.69, 9.17) is 4.84 Å². The van der Waals surface area contributed by atoms with Crippen LogP contribution >= 0.6 is 11.3 Å². The molecule has 0 aliphatic heterocycles. The van der Waals surface area contributed by atoms with Gasteiger partial charge in [0.05, 0.1) is 4.88 Å². The first-order chi connectivity index (χ1) is 6.53. The van der Waals surface area contributed by atoms with Gasteiger partial charge in [0.2, 0.25) is 0 Å². The minimum Gasteiger partial charge on any atom is -0.389 e. The summed E-state index contributed by atoms with van der Waals surface area (Å²) in [4.78, 5) is 16.7. The van der Waals surface area contributed by atoms with Crippen LogP contribution in [0.1, 0.15) is 25.6 Å². The van der Waals surface area contributed by atoms with Crippen molar-refractivity contribution in [3.05, 3.63) is 22.4 Å². The number of carbonyl (C=O) groups excluding carboxylic acids is 1. The molecule has 0 aromatic carbocycles. The number of thiophene rings is 1. The maximum Gasteiger partial charge on any atom is 0.173 e. The largest absolute Gasteiger partial charge is 0.389 e. The third-order valence-electron chi connectivity index (χ3n) is 1.30. The molecule has 0 radical (unpaired) electrons. The summed E-state index contributed by atoms with van der Waals surface area (Å²) in [7, 11) is 0. The average molecular weight is 211 g/mol. The van der Waals surface area contributed by atoms with Gasteiger partial charge in [-0.15, -0.1) is 11.3 Å². The molecule has 0 saturated heterocycles. The van der Waals surface area contributed by atoms with Crippen LogP contribution < -0.4 is 0 Å². The lowest BCUT2D eigenvalue weighted by Gasteiger charge is -2.15. The highest BCUT2D eigenvalue weighted by molar-refractivity contribution is 7.12. The number of aldehydes is 1. The highest BCUT2D eigenvalue weighted by Crippen LogP contribution is 2.12. The van der Waals surface area contributed by atoms with E-state index in [1.807, 2.05) is 38.3 Å². The minimum absolute atomic E-state index is 0.343. The second-order valence-corrected chi connectivity index (χ2v) is 4.72. The molecule has 1 aromatic rings. The summed E-state index contributed by atoms with van der Waals surface area (Å²) in [6.07, 6.45) is 0.706. The van der Waals surface area contributed by atoms with E-state index in [9.17, 15) is 4.79 Å². The fraction of sp³-hybridized carbons (Fsp3) is 0.400. The summed E-state index contributed by atoms with van der Waals surface area (Å²) in [6, 6.07) is 3.71. The fourth-order valence-electron chi connectivity index (χ4n) is 0.735. The van der Waals surface area contributed by atoms with Crippen molar-refractivity contribution in [2.75, 3.05) is 0 Å². The molecule has 0 amide bonds. The van der Waals surface area contributed by atoms with Crippen LogP contribution in [0.5, 0.6) is 0 Å². The topological polar surface area (TPSA) is 38.7 Å². The van der Waals surface area contributed by atoms with Crippen molar-refractivity contribution in [3.8, 4) is 0 Å². The lowest BCUT2D eigenvalue weighted by molar-refractivity contribution is -0.103. The van der Waals surface area contributed by atoms with E-state index >= 15 is 0 Å². The quantitative estimate of drug-likeness (QED) is 0.437. The Morgan fingerprint density at radius 3 is 2.71 bits per heavy atom. The monoisotopic (exact) mass is 211 g/mol. The van der Waals surface area contributed by atoms with E-state index in [2.05, 4.69) is 5.16 Å². The van der Waals surface area contributed by atoms with E-state index in [0.717, 1.165) is 4.88 Å². The van der Waals surface area contributed by atoms with E-state index in [1.165, 1.54) is 11.3 Å². The SMILES string of the molecule is CC(C)(C)O/N=C(/C=O)c1cccs1. The molecule has 0 fully saturated rings. The molecule has 0 aliphatic carbocycles. The van der Waals surface area contributed by atoms with Crippen LogP contribution in [0.3, 0.4) is 0 Å². The zero-order valence-electron chi connectivity index (χ0n) is 8.48. The van der Waals surface area contributed by atoms with Gasteiger partial charge in [0.25, 0.3) is 0 Å². The fourth-order valence-corrected chi connectivity index (χ4v) is 1.40. The van der Waals surface area contributed by atoms with E-state index < -0.39 is 0 Å². The van der Waals surface area contributed by atoms with Crippen molar-refractivity contribution in [3.63, 3.8) is 0 Å². The smallest absolute Gasteiger partial charge is 0.173 e. The highest BCUT2D eigenvalue weighted by atomic mass is 32.1. The van der Waals surface area contributed by atoms with Gasteiger partial charge in [0.15, 0.2) is 12.0 Å². The van der Waals surface area contributed by atoms with Crippen LogP contribution in [0.2, 0.25) is 0 Å². The van der Waals surface area contributed by atoms with Gasteiger partial charge in [-0.3, -0.25) is 4.79 Å². The Hall–Kier alpha value is -1.16. The number of rotatable bonds is 3. The van der Waals surface area contributed by atoms with Crippen LogP contribution in [-0.2, 0) is 9.63 Å². The van der Waals surface area contributed by atoms with Gasteiger partial charge in [-0.1, -0.05) is 11.2 Å². The summed E-state index contributed by atoms with van der Waals surface area (Å²) in [5.74, 6) is 0.